The fourth-order valence-corrected chi connectivity index (χ4v) is 4.02. The van der Waals surface area contributed by atoms with Crippen molar-refractivity contribution >= 4 is 39.1 Å². The second kappa shape index (κ2) is 8.28. The molecule has 0 aromatic heterocycles. The number of hydrogen-bond donors (Lipinski definition) is 2. The third-order valence-electron chi connectivity index (χ3n) is 5.51. The zero-order valence-corrected chi connectivity index (χ0v) is 18.1. The lowest BCUT2D eigenvalue weighted by atomic mass is 9.98. The number of likely N-dealkylation sites (tertiary alicyclic amines) is 1. The molecule has 2 aliphatic heterocycles. The highest BCUT2D eigenvalue weighted by atomic mass is 79.9. The number of anilines is 1. The van der Waals surface area contributed by atoms with Gasteiger partial charge in [-0.3, -0.25) is 19.5 Å². The van der Waals surface area contributed by atoms with E-state index in [1.807, 2.05) is 29.2 Å². The van der Waals surface area contributed by atoms with Crippen LogP contribution in [0.4, 0.5) is 10.1 Å². The summed E-state index contributed by atoms with van der Waals surface area (Å²) in [6, 6.07) is 12.2. The van der Waals surface area contributed by atoms with Gasteiger partial charge < -0.3 is 10.6 Å². The van der Waals surface area contributed by atoms with E-state index in [4.69, 9.17) is 4.99 Å². The molecule has 0 radical (unpaired) electrons. The highest BCUT2D eigenvalue weighted by Gasteiger charge is 2.42. The van der Waals surface area contributed by atoms with Crippen LogP contribution in [-0.2, 0) is 9.59 Å². The van der Waals surface area contributed by atoms with Crippen molar-refractivity contribution in [2.75, 3.05) is 25.0 Å². The molecule has 2 heterocycles. The van der Waals surface area contributed by atoms with E-state index in [1.165, 1.54) is 6.07 Å². The fourth-order valence-electron chi connectivity index (χ4n) is 3.76. The first kappa shape index (κ1) is 20.7. The van der Waals surface area contributed by atoms with Crippen LogP contribution in [0.5, 0.6) is 0 Å². The number of carbonyl (C=O) groups is 2. The van der Waals surface area contributed by atoms with Gasteiger partial charge in [-0.1, -0.05) is 34.1 Å². The Hall–Kier alpha value is -2.58. The molecule has 2 N–H and O–H groups in total. The first-order valence-corrected chi connectivity index (χ1v) is 10.6. The number of rotatable bonds is 4. The van der Waals surface area contributed by atoms with E-state index >= 15 is 0 Å². The molecular weight excluding hydrogens is 451 g/mol. The Morgan fingerprint density at radius 3 is 2.60 bits per heavy atom. The molecule has 2 amide bonds. The molecule has 1 spiro atoms. The second-order valence-corrected chi connectivity index (χ2v) is 8.66. The van der Waals surface area contributed by atoms with Crippen molar-refractivity contribution in [2.24, 2.45) is 4.99 Å². The summed E-state index contributed by atoms with van der Waals surface area (Å²) >= 11 is 3.40. The molecule has 6 nitrogen and oxygen atoms in total. The lowest BCUT2D eigenvalue weighted by Crippen LogP contribution is -2.52. The van der Waals surface area contributed by atoms with Crippen molar-refractivity contribution in [2.45, 2.75) is 25.4 Å². The third-order valence-corrected chi connectivity index (χ3v) is 6.04. The number of piperidine rings is 1. The predicted molar refractivity (Wildman–Crippen MR) is 117 cm³/mol. The van der Waals surface area contributed by atoms with Gasteiger partial charge in [-0.2, -0.15) is 0 Å². The van der Waals surface area contributed by atoms with E-state index in [0.29, 0.717) is 42.9 Å². The quantitative estimate of drug-likeness (QED) is 0.716. The fraction of sp³-hybridized carbons (Fsp3) is 0.318. The molecule has 0 atom stereocenters. The molecule has 1 fully saturated rings. The molecule has 30 heavy (non-hydrogen) atoms. The molecule has 1 saturated heterocycles. The number of aliphatic imine (C=N–C) groups is 1. The average Bonchev–Trinajstić information content (AvgIpc) is 3.03. The highest BCUT2D eigenvalue weighted by molar-refractivity contribution is 9.10. The number of halogens is 2. The van der Waals surface area contributed by atoms with Crippen LogP contribution in [0.25, 0.3) is 0 Å². The van der Waals surface area contributed by atoms with Crippen molar-refractivity contribution in [1.82, 2.24) is 10.2 Å². The van der Waals surface area contributed by atoms with Crippen molar-refractivity contribution in [3.63, 3.8) is 0 Å². The lowest BCUT2D eigenvalue weighted by Gasteiger charge is -2.36. The van der Waals surface area contributed by atoms with Crippen LogP contribution < -0.4 is 10.6 Å². The molecule has 2 aliphatic rings. The largest absolute Gasteiger partial charge is 0.326 e. The molecule has 0 aliphatic carbocycles. The first-order valence-electron chi connectivity index (χ1n) is 9.80. The van der Waals surface area contributed by atoms with Crippen molar-refractivity contribution < 1.29 is 14.0 Å². The zero-order valence-electron chi connectivity index (χ0n) is 16.5. The highest BCUT2D eigenvalue weighted by Crippen LogP contribution is 2.29. The summed E-state index contributed by atoms with van der Waals surface area (Å²) in [6.45, 7) is 3.15. The number of aryl methyl sites for hydroxylation is 1. The van der Waals surface area contributed by atoms with Crippen LogP contribution in [0.3, 0.4) is 0 Å². The predicted octanol–water partition coefficient (Wildman–Crippen LogP) is 3.25. The molecule has 0 saturated carbocycles. The van der Waals surface area contributed by atoms with Gasteiger partial charge in [0.15, 0.2) is 0 Å². The van der Waals surface area contributed by atoms with E-state index < -0.39 is 5.66 Å². The SMILES string of the molecule is Cc1ccc(NC(=O)CN2CCC3(CC2)N=C(c2ccc(Br)cc2)C(=O)N3)cc1F. The summed E-state index contributed by atoms with van der Waals surface area (Å²) in [6.07, 6.45) is 1.26. The summed E-state index contributed by atoms with van der Waals surface area (Å²) in [5, 5.41) is 5.77. The topological polar surface area (TPSA) is 73.8 Å². The molecule has 156 valence electrons. The molecule has 0 unspecified atom stereocenters. The third kappa shape index (κ3) is 4.44. The Kier molecular flexibility index (Phi) is 5.71. The van der Waals surface area contributed by atoms with Crippen LogP contribution in [0.15, 0.2) is 51.9 Å². The number of nitrogens with zero attached hydrogens (tertiary/aromatic N) is 2. The number of carbonyl (C=O) groups excluding carboxylic acids is 2. The smallest absolute Gasteiger partial charge is 0.272 e. The van der Waals surface area contributed by atoms with Gasteiger partial charge in [0, 0.05) is 41.7 Å². The molecule has 0 bridgehead atoms. The van der Waals surface area contributed by atoms with E-state index in [1.54, 1.807) is 19.1 Å². The van der Waals surface area contributed by atoms with Gasteiger partial charge in [-0.25, -0.2) is 4.39 Å². The van der Waals surface area contributed by atoms with E-state index in [9.17, 15) is 14.0 Å². The standard InChI is InChI=1S/C22H22BrFN4O2/c1-14-2-7-17(12-18(14)24)25-19(29)13-28-10-8-22(9-11-28)26-20(21(30)27-22)15-3-5-16(23)6-4-15/h2-7,12H,8-11,13H2,1H3,(H,25,29)(H,27,30). The maximum Gasteiger partial charge on any atom is 0.272 e. The van der Waals surface area contributed by atoms with Gasteiger partial charge in [0.05, 0.1) is 6.54 Å². The summed E-state index contributed by atoms with van der Waals surface area (Å²) in [4.78, 5) is 31.6. The summed E-state index contributed by atoms with van der Waals surface area (Å²) < 4.78 is 14.6. The Morgan fingerprint density at radius 2 is 1.93 bits per heavy atom. The van der Waals surface area contributed by atoms with Gasteiger partial charge in [-0.05, 0) is 36.8 Å². The molecule has 8 heteroatoms. The van der Waals surface area contributed by atoms with Gasteiger partial charge >= 0.3 is 0 Å². The summed E-state index contributed by atoms with van der Waals surface area (Å²) in [5.41, 5.74) is 1.63. The van der Waals surface area contributed by atoms with Crippen LogP contribution in [0.1, 0.15) is 24.0 Å². The minimum Gasteiger partial charge on any atom is -0.326 e. The lowest BCUT2D eigenvalue weighted by molar-refractivity contribution is -0.119. The molecule has 2 aromatic rings. The zero-order chi connectivity index (χ0) is 21.3. The molecular formula is C22H22BrFN4O2. The van der Waals surface area contributed by atoms with Crippen LogP contribution in [0, 0.1) is 12.7 Å². The Balaban J connectivity index is 1.35. The van der Waals surface area contributed by atoms with E-state index in [2.05, 4.69) is 26.6 Å². The Morgan fingerprint density at radius 1 is 1.23 bits per heavy atom. The number of nitrogens with one attached hydrogen (secondary N) is 2. The number of amides is 2. The van der Waals surface area contributed by atoms with Gasteiger partial charge in [0.1, 0.15) is 17.2 Å². The second-order valence-electron chi connectivity index (χ2n) is 7.74. The molecule has 2 aromatic carbocycles. The van der Waals surface area contributed by atoms with E-state index in [-0.39, 0.29) is 24.2 Å². The van der Waals surface area contributed by atoms with E-state index in [0.717, 1.165) is 10.0 Å². The van der Waals surface area contributed by atoms with Gasteiger partial charge in [-0.15, -0.1) is 0 Å². The van der Waals surface area contributed by atoms with Crippen molar-refractivity contribution in [3.8, 4) is 0 Å². The van der Waals surface area contributed by atoms with Gasteiger partial charge in [0.2, 0.25) is 5.91 Å². The molecule has 4 rings (SSSR count). The normalized spacial score (nSPS) is 18.2. The van der Waals surface area contributed by atoms with Crippen LogP contribution in [0.2, 0.25) is 0 Å². The van der Waals surface area contributed by atoms with Gasteiger partial charge in [0.25, 0.3) is 5.91 Å². The van der Waals surface area contributed by atoms with Crippen LogP contribution in [-0.4, -0.2) is 47.7 Å². The number of benzene rings is 2. The first-order chi connectivity index (χ1) is 14.3. The van der Waals surface area contributed by atoms with Crippen LogP contribution >= 0.6 is 15.9 Å². The van der Waals surface area contributed by atoms with Crippen molar-refractivity contribution in [3.05, 3.63) is 63.9 Å². The Bertz CT molecular complexity index is 1010. The minimum atomic E-state index is -0.605. The Labute approximate surface area is 182 Å². The monoisotopic (exact) mass is 472 g/mol. The summed E-state index contributed by atoms with van der Waals surface area (Å²) in [7, 11) is 0. The maximum absolute atomic E-state index is 13.7. The van der Waals surface area contributed by atoms with Crippen molar-refractivity contribution in [1.29, 1.82) is 0 Å². The average molecular weight is 473 g/mol. The minimum absolute atomic E-state index is 0.162. The number of hydrogen-bond acceptors (Lipinski definition) is 4. The summed E-state index contributed by atoms with van der Waals surface area (Å²) in [5.74, 6) is -0.697. The maximum atomic E-state index is 13.7.